The van der Waals surface area contributed by atoms with E-state index in [0.717, 1.165) is 17.5 Å². The van der Waals surface area contributed by atoms with Crippen LogP contribution in [0.5, 0.6) is 0 Å². The van der Waals surface area contributed by atoms with Crippen LogP contribution in [0.3, 0.4) is 0 Å². The summed E-state index contributed by atoms with van der Waals surface area (Å²) in [6, 6.07) is 7.50. The molecule has 3 rings (SSSR count). The van der Waals surface area contributed by atoms with Crippen LogP contribution < -0.4 is 0 Å². The molecule has 1 aromatic rings. The maximum absolute atomic E-state index is 13.9. The molecule has 0 aromatic heterocycles. The first kappa shape index (κ1) is 19.1. The molecular weight excluding hydrogens is 349 g/mol. The minimum absolute atomic E-state index is 0.0887. The van der Waals surface area contributed by atoms with Crippen molar-refractivity contribution >= 4 is 11.9 Å². The molecular formula is C21H22FNO4. The summed E-state index contributed by atoms with van der Waals surface area (Å²) in [6.45, 7) is 5.37. The molecule has 0 aliphatic heterocycles. The standard InChI is InChI=1S/C21H22FNO4/c1-4-26-19(24)16(22)10-15-18(21(15,2)3)20(25)27-17-8-7-13-6-5-12(11-23)9-14(13)17/h5-6,9-10,15,17-18H,4,7-8H2,1-3H3/t15-,17?,18-/m0/s1. The van der Waals surface area contributed by atoms with E-state index in [1.165, 1.54) is 6.08 Å². The minimum atomic E-state index is -1.01. The second kappa shape index (κ2) is 7.15. The molecule has 1 aromatic carbocycles. The number of hydrogen-bond donors (Lipinski definition) is 0. The van der Waals surface area contributed by atoms with Crippen molar-refractivity contribution in [2.75, 3.05) is 6.61 Å². The number of ether oxygens (including phenoxy) is 2. The monoisotopic (exact) mass is 371 g/mol. The number of hydrogen-bond acceptors (Lipinski definition) is 5. The Kier molecular flexibility index (Phi) is 5.05. The number of carbonyl (C=O) groups excluding carboxylic acids is 2. The minimum Gasteiger partial charge on any atom is -0.461 e. The number of nitriles is 1. The van der Waals surface area contributed by atoms with E-state index in [0.29, 0.717) is 12.0 Å². The van der Waals surface area contributed by atoms with Gasteiger partial charge in [-0.25, -0.2) is 4.79 Å². The van der Waals surface area contributed by atoms with Gasteiger partial charge in [0.2, 0.25) is 5.83 Å². The molecule has 3 atom stereocenters. The van der Waals surface area contributed by atoms with Crippen LogP contribution in [-0.2, 0) is 25.5 Å². The summed E-state index contributed by atoms with van der Waals surface area (Å²) in [5, 5.41) is 9.07. The Morgan fingerprint density at radius 2 is 2.15 bits per heavy atom. The lowest BCUT2D eigenvalue weighted by molar-refractivity contribution is -0.152. The number of nitrogens with zero attached hydrogens (tertiary/aromatic N) is 1. The summed E-state index contributed by atoms with van der Waals surface area (Å²) in [4.78, 5) is 24.1. The first-order valence-corrected chi connectivity index (χ1v) is 9.07. The second-order valence-electron chi connectivity index (χ2n) is 7.55. The fraction of sp³-hybridized carbons (Fsp3) is 0.476. The topological polar surface area (TPSA) is 76.4 Å². The summed E-state index contributed by atoms with van der Waals surface area (Å²) >= 11 is 0. The first-order valence-electron chi connectivity index (χ1n) is 9.07. The maximum Gasteiger partial charge on any atom is 0.366 e. The van der Waals surface area contributed by atoms with Gasteiger partial charge in [-0.2, -0.15) is 9.65 Å². The number of esters is 2. The molecule has 1 fully saturated rings. The molecule has 27 heavy (non-hydrogen) atoms. The van der Waals surface area contributed by atoms with Crippen LogP contribution in [0.25, 0.3) is 0 Å². The molecule has 0 amide bonds. The van der Waals surface area contributed by atoms with E-state index in [1.807, 2.05) is 19.9 Å². The summed E-state index contributed by atoms with van der Waals surface area (Å²) < 4.78 is 24.3. The highest BCUT2D eigenvalue weighted by Gasteiger charge is 2.62. The van der Waals surface area contributed by atoms with Crippen LogP contribution in [0.4, 0.5) is 4.39 Å². The summed E-state index contributed by atoms with van der Waals surface area (Å²) in [6.07, 6.45) is 2.23. The predicted octanol–water partition coefficient (Wildman–Crippen LogP) is 3.78. The lowest BCUT2D eigenvalue weighted by Crippen LogP contribution is -2.14. The predicted molar refractivity (Wildman–Crippen MR) is 94.9 cm³/mol. The molecule has 0 bridgehead atoms. The Balaban J connectivity index is 1.70. The Labute approximate surface area is 157 Å². The molecule has 0 spiro atoms. The van der Waals surface area contributed by atoms with E-state index < -0.39 is 41.1 Å². The number of allylic oxidation sites excluding steroid dienone is 1. The Hall–Kier alpha value is -2.68. The number of halogens is 1. The smallest absolute Gasteiger partial charge is 0.366 e. The Bertz CT molecular complexity index is 852. The zero-order valence-corrected chi connectivity index (χ0v) is 15.6. The maximum atomic E-state index is 13.9. The quantitative estimate of drug-likeness (QED) is 0.582. The first-order chi connectivity index (χ1) is 12.8. The van der Waals surface area contributed by atoms with Crippen LogP contribution in [0.1, 0.15) is 50.0 Å². The third-order valence-corrected chi connectivity index (χ3v) is 5.52. The molecule has 0 radical (unpaired) electrons. The molecule has 2 aliphatic carbocycles. The van der Waals surface area contributed by atoms with Gasteiger partial charge >= 0.3 is 11.9 Å². The van der Waals surface area contributed by atoms with Crippen molar-refractivity contribution in [3.05, 3.63) is 46.8 Å². The zero-order chi connectivity index (χ0) is 19.8. The number of benzene rings is 1. The molecule has 0 heterocycles. The van der Waals surface area contributed by atoms with Gasteiger partial charge in [0.1, 0.15) is 6.10 Å². The van der Waals surface area contributed by atoms with E-state index in [-0.39, 0.29) is 6.61 Å². The molecule has 0 N–H and O–H groups in total. The molecule has 2 aliphatic rings. The van der Waals surface area contributed by atoms with Crippen molar-refractivity contribution < 1.29 is 23.5 Å². The van der Waals surface area contributed by atoms with Crippen molar-refractivity contribution in [1.82, 2.24) is 0 Å². The van der Waals surface area contributed by atoms with Crippen molar-refractivity contribution in [3.8, 4) is 6.07 Å². The van der Waals surface area contributed by atoms with E-state index in [9.17, 15) is 14.0 Å². The molecule has 1 saturated carbocycles. The van der Waals surface area contributed by atoms with Gasteiger partial charge in [0, 0.05) is 0 Å². The van der Waals surface area contributed by atoms with Crippen LogP contribution in [0.2, 0.25) is 0 Å². The normalized spacial score (nSPS) is 25.3. The number of aryl methyl sites for hydroxylation is 1. The fourth-order valence-corrected chi connectivity index (χ4v) is 3.83. The van der Waals surface area contributed by atoms with Crippen molar-refractivity contribution in [2.45, 2.75) is 39.7 Å². The van der Waals surface area contributed by atoms with Crippen LogP contribution >= 0.6 is 0 Å². The SMILES string of the molecule is CCOC(=O)C(F)=C[C@H]1[C@@H](C(=O)OC2CCc3ccc(C#N)cc32)C1(C)C. The zero-order valence-electron chi connectivity index (χ0n) is 15.6. The Morgan fingerprint density at radius 1 is 1.41 bits per heavy atom. The van der Waals surface area contributed by atoms with Crippen LogP contribution in [0, 0.1) is 28.6 Å². The third-order valence-electron chi connectivity index (χ3n) is 5.52. The molecule has 1 unspecified atom stereocenters. The average Bonchev–Trinajstić information content (AvgIpc) is 2.97. The molecule has 0 saturated heterocycles. The van der Waals surface area contributed by atoms with Gasteiger partial charge in [0.15, 0.2) is 0 Å². The van der Waals surface area contributed by atoms with Crippen LogP contribution in [-0.4, -0.2) is 18.5 Å². The summed E-state index contributed by atoms with van der Waals surface area (Å²) in [5.74, 6) is -3.32. The Morgan fingerprint density at radius 3 is 2.81 bits per heavy atom. The lowest BCUT2D eigenvalue weighted by Gasteiger charge is -2.14. The molecule has 5 nitrogen and oxygen atoms in total. The van der Waals surface area contributed by atoms with Gasteiger partial charge in [-0.3, -0.25) is 4.79 Å². The molecule has 142 valence electrons. The van der Waals surface area contributed by atoms with Gasteiger partial charge < -0.3 is 9.47 Å². The lowest BCUT2D eigenvalue weighted by atomic mass is 10.1. The number of rotatable bonds is 5. The van der Waals surface area contributed by atoms with E-state index in [2.05, 4.69) is 10.8 Å². The van der Waals surface area contributed by atoms with Crippen molar-refractivity contribution in [2.24, 2.45) is 17.3 Å². The highest BCUT2D eigenvalue weighted by Crippen LogP contribution is 2.60. The highest BCUT2D eigenvalue weighted by atomic mass is 19.1. The van der Waals surface area contributed by atoms with E-state index in [1.54, 1.807) is 19.1 Å². The highest BCUT2D eigenvalue weighted by molar-refractivity contribution is 5.87. The van der Waals surface area contributed by atoms with E-state index in [4.69, 9.17) is 10.00 Å². The summed E-state index contributed by atoms with van der Waals surface area (Å²) in [5.41, 5.74) is 1.98. The van der Waals surface area contributed by atoms with Gasteiger partial charge in [0.25, 0.3) is 0 Å². The average molecular weight is 371 g/mol. The summed E-state index contributed by atoms with van der Waals surface area (Å²) in [7, 11) is 0. The fourth-order valence-electron chi connectivity index (χ4n) is 3.83. The van der Waals surface area contributed by atoms with Gasteiger partial charge in [-0.05, 0) is 60.4 Å². The molecule has 6 heteroatoms. The third kappa shape index (κ3) is 3.59. The van der Waals surface area contributed by atoms with Crippen LogP contribution in [0.15, 0.2) is 30.1 Å². The van der Waals surface area contributed by atoms with Crippen molar-refractivity contribution in [3.63, 3.8) is 0 Å². The number of carbonyl (C=O) groups is 2. The number of fused-ring (bicyclic) bond motifs is 1. The van der Waals surface area contributed by atoms with Gasteiger partial charge in [-0.1, -0.05) is 19.9 Å². The van der Waals surface area contributed by atoms with E-state index >= 15 is 0 Å². The van der Waals surface area contributed by atoms with Crippen molar-refractivity contribution in [1.29, 1.82) is 5.26 Å². The second-order valence-corrected chi connectivity index (χ2v) is 7.55. The van der Waals surface area contributed by atoms with Gasteiger partial charge in [0.05, 0.1) is 24.2 Å². The van der Waals surface area contributed by atoms with Gasteiger partial charge in [-0.15, -0.1) is 0 Å². The largest absolute Gasteiger partial charge is 0.461 e.